The number of fused-ring (bicyclic) bond motifs is 2. The molecular weight excluding hydrogens is 393 g/mol. The van der Waals surface area contributed by atoms with Crippen LogP contribution in [0.3, 0.4) is 0 Å². The lowest BCUT2D eigenvalue weighted by atomic mass is 9.90. The summed E-state index contributed by atoms with van der Waals surface area (Å²) in [5, 5.41) is 10.2. The number of hydrogen-bond acceptors (Lipinski definition) is 3. The number of hydrogen-bond donors (Lipinski definition) is 1. The third kappa shape index (κ3) is 2.83. The van der Waals surface area contributed by atoms with Gasteiger partial charge in [0.1, 0.15) is 12.3 Å². The Morgan fingerprint density at radius 3 is 2.55 bits per heavy atom. The second-order valence-corrected chi connectivity index (χ2v) is 5.62. The van der Waals surface area contributed by atoms with E-state index in [0.717, 1.165) is 48.7 Å². The van der Waals surface area contributed by atoms with Gasteiger partial charge in [0.25, 0.3) is 0 Å². The molecule has 2 aliphatic heterocycles. The zero-order valence-electron chi connectivity index (χ0n) is 13.2. The molecule has 1 atom stereocenters. The highest BCUT2D eigenvalue weighted by molar-refractivity contribution is 6.07. The molecular formula is C17H22INO3. The van der Waals surface area contributed by atoms with Crippen LogP contribution in [-0.4, -0.2) is 42.7 Å². The Kier molecular flexibility index (Phi) is 5.36. The highest BCUT2D eigenvalue weighted by Crippen LogP contribution is 2.34. The van der Waals surface area contributed by atoms with Crippen LogP contribution in [0.1, 0.15) is 24.5 Å². The molecule has 0 aromatic heterocycles. The van der Waals surface area contributed by atoms with Crippen molar-refractivity contribution in [3.63, 3.8) is 0 Å². The molecule has 2 heterocycles. The van der Waals surface area contributed by atoms with E-state index in [0.29, 0.717) is 5.76 Å². The van der Waals surface area contributed by atoms with Gasteiger partial charge in [-0.15, -0.1) is 0 Å². The topological polar surface area (TPSA) is 41.7 Å². The second kappa shape index (κ2) is 6.89. The maximum absolute atomic E-state index is 10.2. The Morgan fingerprint density at radius 2 is 1.91 bits per heavy atom. The number of allylic oxidation sites excluding steroid dienone is 1. The quantitative estimate of drug-likeness (QED) is 0.537. The monoisotopic (exact) mass is 415 g/mol. The first-order chi connectivity index (χ1) is 10.2. The van der Waals surface area contributed by atoms with Crippen LogP contribution in [0, 0.1) is 5.92 Å². The minimum atomic E-state index is 0. The van der Waals surface area contributed by atoms with Crippen molar-refractivity contribution in [2.45, 2.75) is 19.8 Å². The van der Waals surface area contributed by atoms with Crippen molar-refractivity contribution >= 4 is 5.71 Å². The van der Waals surface area contributed by atoms with Crippen LogP contribution in [0.5, 0.6) is 11.5 Å². The van der Waals surface area contributed by atoms with E-state index in [1.54, 1.807) is 14.2 Å². The number of nitrogens with zero attached hydrogens (tertiary/aromatic N) is 1. The Balaban J connectivity index is 0.00000176. The molecule has 0 saturated carbocycles. The van der Waals surface area contributed by atoms with Gasteiger partial charge in [-0.3, -0.25) is 0 Å². The van der Waals surface area contributed by atoms with E-state index < -0.39 is 0 Å². The highest BCUT2D eigenvalue weighted by Gasteiger charge is 2.33. The molecule has 1 aromatic rings. The number of ether oxygens (including phenoxy) is 2. The molecule has 1 unspecified atom stereocenters. The number of rotatable bonds is 3. The zero-order chi connectivity index (χ0) is 15.0. The lowest BCUT2D eigenvalue weighted by molar-refractivity contribution is -0.536. The molecule has 1 aromatic carbocycles. The number of methoxy groups -OCH3 is 2. The summed E-state index contributed by atoms with van der Waals surface area (Å²) >= 11 is 0. The van der Waals surface area contributed by atoms with Crippen LogP contribution in [0.2, 0.25) is 0 Å². The molecule has 0 fully saturated rings. The summed E-state index contributed by atoms with van der Waals surface area (Å²) in [6.07, 6.45) is 3.87. The molecule has 0 radical (unpaired) electrons. The lowest BCUT2D eigenvalue weighted by Gasteiger charge is -2.25. The van der Waals surface area contributed by atoms with Gasteiger partial charge in [0.05, 0.1) is 25.7 Å². The first-order valence-corrected chi connectivity index (χ1v) is 7.45. The van der Waals surface area contributed by atoms with Gasteiger partial charge < -0.3 is 38.6 Å². The Bertz CT molecular complexity index is 637. The molecule has 4 nitrogen and oxygen atoms in total. The summed E-state index contributed by atoms with van der Waals surface area (Å²) in [4.78, 5) is 0. The number of aliphatic hydroxyl groups excluding tert-OH is 1. The lowest BCUT2D eigenvalue weighted by Crippen LogP contribution is -3.00. The molecule has 22 heavy (non-hydrogen) atoms. The van der Waals surface area contributed by atoms with E-state index in [4.69, 9.17) is 9.47 Å². The van der Waals surface area contributed by atoms with Crippen LogP contribution in [0.15, 0.2) is 24.0 Å². The predicted octanol–water partition coefficient (Wildman–Crippen LogP) is -0.453. The van der Waals surface area contributed by atoms with Crippen LogP contribution in [0.25, 0.3) is 0 Å². The van der Waals surface area contributed by atoms with E-state index in [1.807, 2.05) is 12.1 Å². The maximum Gasteiger partial charge on any atom is 0.211 e. The third-order valence-corrected chi connectivity index (χ3v) is 4.51. The molecule has 0 amide bonds. The number of benzene rings is 1. The van der Waals surface area contributed by atoms with Crippen LogP contribution >= 0.6 is 0 Å². The van der Waals surface area contributed by atoms with E-state index >= 15 is 0 Å². The van der Waals surface area contributed by atoms with Crippen molar-refractivity contribution < 1.29 is 43.1 Å². The normalized spacial score (nSPS) is 19.6. The van der Waals surface area contributed by atoms with Gasteiger partial charge in [-0.2, -0.15) is 0 Å². The average molecular weight is 415 g/mol. The molecule has 2 aliphatic rings. The summed E-state index contributed by atoms with van der Waals surface area (Å²) in [7, 11) is 3.31. The zero-order valence-corrected chi connectivity index (χ0v) is 15.4. The fraction of sp³-hybridized carbons (Fsp3) is 0.471. The summed E-state index contributed by atoms with van der Waals surface area (Å²) in [6, 6.07) is 4.07. The van der Waals surface area contributed by atoms with Crippen molar-refractivity contribution in [1.29, 1.82) is 0 Å². The molecule has 3 rings (SSSR count). The van der Waals surface area contributed by atoms with Crippen molar-refractivity contribution in [2.24, 2.45) is 5.92 Å². The smallest absolute Gasteiger partial charge is 0.211 e. The molecule has 0 spiro atoms. The van der Waals surface area contributed by atoms with E-state index in [2.05, 4.69) is 17.6 Å². The average Bonchev–Trinajstić information content (AvgIpc) is 2.52. The van der Waals surface area contributed by atoms with Crippen LogP contribution in [0.4, 0.5) is 0 Å². The van der Waals surface area contributed by atoms with Gasteiger partial charge in [0.15, 0.2) is 18.0 Å². The van der Waals surface area contributed by atoms with Gasteiger partial charge in [-0.05, 0) is 24.1 Å². The third-order valence-electron chi connectivity index (χ3n) is 4.51. The molecule has 120 valence electrons. The second-order valence-electron chi connectivity index (χ2n) is 5.62. The van der Waals surface area contributed by atoms with E-state index in [-0.39, 0.29) is 29.9 Å². The maximum atomic E-state index is 10.2. The summed E-state index contributed by atoms with van der Waals surface area (Å²) in [5.74, 6) is 2.23. The fourth-order valence-electron chi connectivity index (χ4n) is 3.23. The predicted molar refractivity (Wildman–Crippen MR) is 81.8 cm³/mol. The van der Waals surface area contributed by atoms with E-state index in [9.17, 15) is 5.11 Å². The molecule has 0 bridgehead atoms. The molecule has 5 heteroatoms. The Labute approximate surface area is 148 Å². The summed E-state index contributed by atoms with van der Waals surface area (Å²) in [5.41, 5.74) is 3.48. The standard InChI is InChI=1S/C17H21NO3.HI/c1-4-11-10-18-6-5-12-7-16(20-2)17(21-3)8-13(12)14(18)9-15(11)19;/h7-9,11H,4-6,10H2,1-3H3;1H. The molecule has 1 N–H and O–H groups in total. The molecule has 0 saturated heterocycles. The van der Waals surface area contributed by atoms with Crippen molar-refractivity contribution in [3.8, 4) is 11.5 Å². The van der Waals surface area contributed by atoms with Crippen LogP contribution < -0.4 is 33.5 Å². The van der Waals surface area contributed by atoms with Gasteiger partial charge in [-0.1, -0.05) is 6.92 Å². The van der Waals surface area contributed by atoms with E-state index in [1.165, 1.54) is 5.56 Å². The van der Waals surface area contributed by atoms with Crippen molar-refractivity contribution in [2.75, 3.05) is 27.3 Å². The number of halogens is 1. The largest absolute Gasteiger partial charge is 1.00 e. The Hall–Kier alpha value is -1.24. The fourth-order valence-corrected chi connectivity index (χ4v) is 3.23. The van der Waals surface area contributed by atoms with Gasteiger partial charge in [-0.25, -0.2) is 4.58 Å². The van der Waals surface area contributed by atoms with Crippen molar-refractivity contribution in [3.05, 3.63) is 35.1 Å². The number of aliphatic hydroxyl groups is 1. The summed E-state index contributed by atoms with van der Waals surface area (Å²) in [6.45, 7) is 3.99. The first-order valence-electron chi connectivity index (χ1n) is 7.45. The van der Waals surface area contributed by atoms with Gasteiger partial charge >= 0.3 is 0 Å². The van der Waals surface area contributed by atoms with Crippen molar-refractivity contribution in [1.82, 2.24) is 0 Å². The van der Waals surface area contributed by atoms with Crippen LogP contribution in [-0.2, 0) is 6.42 Å². The minimum absolute atomic E-state index is 0. The summed E-state index contributed by atoms with van der Waals surface area (Å²) < 4.78 is 13.2. The Morgan fingerprint density at radius 1 is 1.23 bits per heavy atom. The molecule has 0 aliphatic carbocycles. The highest BCUT2D eigenvalue weighted by atomic mass is 127. The van der Waals surface area contributed by atoms with Gasteiger partial charge in [0.2, 0.25) is 5.71 Å². The SMILES string of the molecule is CCC1C[N+]2=C(C=C1O)c1cc(OC)c(OC)cc1CC2.[I-]. The van der Waals surface area contributed by atoms with Gasteiger partial charge in [0, 0.05) is 12.5 Å². The first kappa shape index (κ1) is 17.1. The minimum Gasteiger partial charge on any atom is -1.00 e.